The molecule has 0 radical (unpaired) electrons. The van der Waals surface area contributed by atoms with Crippen molar-refractivity contribution in [3.63, 3.8) is 0 Å². The number of thioether (sulfide) groups is 1. The number of amides is 1. The fraction of sp³-hybridized carbons (Fsp3) is 0.192. The molecular formula is C26H25ClN4O4S. The summed E-state index contributed by atoms with van der Waals surface area (Å²) in [5.41, 5.74) is 6.14. The van der Waals surface area contributed by atoms with E-state index in [1.807, 2.05) is 48.5 Å². The number of carbonyl (C=O) groups excluding carboxylic acids is 1. The Bertz CT molecular complexity index is 1390. The third kappa shape index (κ3) is 5.75. The van der Waals surface area contributed by atoms with Crippen molar-refractivity contribution in [1.29, 1.82) is 0 Å². The van der Waals surface area contributed by atoms with E-state index in [0.717, 1.165) is 21.8 Å². The van der Waals surface area contributed by atoms with E-state index in [0.29, 0.717) is 34.4 Å². The van der Waals surface area contributed by atoms with Crippen molar-refractivity contribution in [2.24, 2.45) is 5.10 Å². The van der Waals surface area contributed by atoms with Crippen molar-refractivity contribution in [3.8, 4) is 17.2 Å². The Hall–Kier alpha value is -3.69. The van der Waals surface area contributed by atoms with E-state index >= 15 is 0 Å². The molecule has 0 saturated carbocycles. The lowest BCUT2D eigenvalue weighted by Crippen LogP contribution is -2.20. The fourth-order valence-corrected chi connectivity index (χ4v) is 4.58. The molecule has 186 valence electrons. The van der Waals surface area contributed by atoms with Crippen LogP contribution in [0.1, 0.15) is 11.1 Å². The molecule has 3 aromatic carbocycles. The van der Waals surface area contributed by atoms with Crippen LogP contribution in [0.3, 0.4) is 0 Å². The number of aromatic nitrogens is 2. The molecule has 8 nitrogen and oxygen atoms in total. The lowest BCUT2D eigenvalue weighted by Gasteiger charge is -2.13. The number of imidazole rings is 1. The van der Waals surface area contributed by atoms with E-state index < -0.39 is 0 Å². The van der Waals surface area contributed by atoms with Gasteiger partial charge in [0.25, 0.3) is 5.91 Å². The number of rotatable bonds is 10. The highest BCUT2D eigenvalue weighted by atomic mass is 35.5. The number of hydrazone groups is 1. The Morgan fingerprint density at radius 1 is 1.03 bits per heavy atom. The van der Waals surface area contributed by atoms with Gasteiger partial charge in [0.15, 0.2) is 16.7 Å². The Balaban J connectivity index is 1.45. The largest absolute Gasteiger partial charge is 0.493 e. The molecule has 0 fully saturated rings. The molecule has 1 heterocycles. The predicted octanol–water partition coefficient (Wildman–Crippen LogP) is 5.01. The molecule has 4 aromatic rings. The van der Waals surface area contributed by atoms with Crippen LogP contribution in [0.15, 0.2) is 70.9 Å². The summed E-state index contributed by atoms with van der Waals surface area (Å²) in [5, 5.41) is 5.51. The SMILES string of the molecule is COc1ccc(C=NNC(=O)CSc2nc3ccccc3n2Cc2ccc(Cl)cc2)c(OC)c1OC. The molecule has 10 heteroatoms. The van der Waals surface area contributed by atoms with Gasteiger partial charge in [0, 0.05) is 10.6 Å². The Morgan fingerprint density at radius 3 is 2.50 bits per heavy atom. The van der Waals surface area contributed by atoms with Gasteiger partial charge in [0.05, 0.1) is 50.9 Å². The van der Waals surface area contributed by atoms with Crippen molar-refractivity contribution >= 4 is 46.5 Å². The van der Waals surface area contributed by atoms with Gasteiger partial charge in [-0.25, -0.2) is 10.4 Å². The smallest absolute Gasteiger partial charge is 0.250 e. The number of halogens is 1. The number of fused-ring (bicyclic) bond motifs is 1. The summed E-state index contributed by atoms with van der Waals surface area (Å²) in [5.74, 6) is 1.32. The zero-order chi connectivity index (χ0) is 25.5. The quantitative estimate of drug-likeness (QED) is 0.178. The van der Waals surface area contributed by atoms with Gasteiger partial charge in [-0.2, -0.15) is 5.10 Å². The summed E-state index contributed by atoms with van der Waals surface area (Å²) >= 11 is 7.38. The van der Waals surface area contributed by atoms with Crippen molar-refractivity contribution < 1.29 is 19.0 Å². The molecule has 1 aromatic heterocycles. The molecule has 1 N–H and O–H groups in total. The van der Waals surface area contributed by atoms with Gasteiger partial charge >= 0.3 is 0 Å². The first-order valence-corrected chi connectivity index (χ1v) is 12.3. The molecule has 0 aliphatic heterocycles. The first kappa shape index (κ1) is 25.4. The average molecular weight is 525 g/mol. The minimum Gasteiger partial charge on any atom is -0.493 e. The second kappa shape index (κ2) is 11.8. The molecule has 4 rings (SSSR count). The average Bonchev–Trinajstić information content (AvgIpc) is 3.25. The van der Waals surface area contributed by atoms with Crippen LogP contribution in [0.2, 0.25) is 5.02 Å². The summed E-state index contributed by atoms with van der Waals surface area (Å²) in [6, 6.07) is 19.1. The van der Waals surface area contributed by atoms with Crippen LogP contribution in [0.5, 0.6) is 17.2 Å². The predicted molar refractivity (Wildman–Crippen MR) is 143 cm³/mol. The number of methoxy groups -OCH3 is 3. The molecule has 0 aliphatic rings. The molecule has 1 amide bonds. The van der Waals surface area contributed by atoms with Crippen LogP contribution >= 0.6 is 23.4 Å². The second-order valence-corrected chi connectivity index (χ2v) is 8.98. The van der Waals surface area contributed by atoms with Crippen LogP contribution in [-0.2, 0) is 11.3 Å². The van der Waals surface area contributed by atoms with Crippen molar-refractivity contribution in [2.45, 2.75) is 11.7 Å². The van der Waals surface area contributed by atoms with Crippen LogP contribution < -0.4 is 19.6 Å². The van der Waals surface area contributed by atoms with Gasteiger partial charge in [-0.05, 0) is 42.0 Å². The van der Waals surface area contributed by atoms with E-state index in [4.69, 9.17) is 30.8 Å². The first-order chi connectivity index (χ1) is 17.5. The number of hydrogen-bond acceptors (Lipinski definition) is 7. The molecule has 0 saturated heterocycles. The number of ether oxygens (including phenoxy) is 3. The second-order valence-electron chi connectivity index (χ2n) is 7.60. The highest BCUT2D eigenvalue weighted by Gasteiger charge is 2.15. The maximum atomic E-state index is 12.5. The Labute approximate surface area is 218 Å². The first-order valence-electron chi connectivity index (χ1n) is 11.0. The summed E-state index contributed by atoms with van der Waals surface area (Å²) in [7, 11) is 4.60. The number of carbonyl (C=O) groups is 1. The molecule has 0 bridgehead atoms. The summed E-state index contributed by atoms with van der Waals surface area (Å²) in [4.78, 5) is 17.3. The molecule has 0 spiro atoms. The van der Waals surface area contributed by atoms with E-state index in [9.17, 15) is 4.79 Å². The monoisotopic (exact) mass is 524 g/mol. The van der Waals surface area contributed by atoms with Gasteiger partial charge < -0.3 is 18.8 Å². The highest BCUT2D eigenvalue weighted by molar-refractivity contribution is 7.99. The van der Waals surface area contributed by atoms with E-state index in [1.54, 1.807) is 19.2 Å². The topological polar surface area (TPSA) is 87.0 Å². The molecule has 0 aliphatic carbocycles. The lowest BCUT2D eigenvalue weighted by atomic mass is 10.2. The molecule has 0 unspecified atom stereocenters. The summed E-state index contributed by atoms with van der Waals surface area (Å²) < 4.78 is 18.2. The normalized spacial score (nSPS) is 11.1. The molecular weight excluding hydrogens is 500 g/mol. The van der Waals surface area contributed by atoms with Gasteiger partial charge in [0.2, 0.25) is 5.75 Å². The van der Waals surface area contributed by atoms with Gasteiger partial charge in [-0.3, -0.25) is 4.79 Å². The number of nitrogens with one attached hydrogen (secondary N) is 1. The van der Waals surface area contributed by atoms with Crippen LogP contribution in [0.4, 0.5) is 0 Å². The van der Waals surface area contributed by atoms with E-state index in [-0.39, 0.29) is 11.7 Å². The van der Waals surface area contributed by atoms with Gasteiger partial charge in [-0.1, -0.05) is 47.6 Å². The fourth-order valence-electron chi connectivity index (χ4n) is 3.65. The maximum absolute atomic E-state index is 12.5. The lowest BCUT2D eigenvalue weighted by molar-refractivity contribution is -0.118. The zero-order valence-corrected chi connectivity index (χ0v) is 21.6. The third-order valence-electron chi connectivity index (χ3n) is 5.33. The van der Waals surface area contributed by atoms with Crippen molar-refractivity contribution in [1.82, 2.24) is 15.0 Å². The van der Waals surface area contributed by atoms with Crippen LogP contribution in [0.25, 0.3) is 11.0 Å². The molecule has 0 atom stereocenters. The maximum Gasteiger partial charge on any atom is 0.250 e. The Kier molecular flexibility index (Phi) is 8.35. The minimum atomic E-state index is -0.263. The third-order valence-corrected chi connectivity index (χ3v) is 6.56. The summed E-state index contributed by atoms with van der Waals surface area (Å²) in [6.45, 7) is 0.610. The highest BCUT2D eigenvalue weighted by Crippen LogP contribution is 2.39. The van der Waals surface area contributed by atoms with E-state index in [2.05, 4.69) is 15.1 Å². The number of para-hydroxylation sites is 2. The number of nitrogens with zero attached hydrogens (tertiary/aromatic N) is 3. The Morgan fingerprint density at radius 2 is 1.78 bits per heavy atom. The number of benzene rings is 3. The van der Waals surface area contributed by atoms with Gasteiger partial charge in [0.1, 0.15) is 0 Å². The van der Waals surface area contributed by atoms with E-state index in [1.165, 1.54) is 32.2 Å². The summed E-state index contributed by atoms with van der Waals surface area (Å²) in [6.07, 6.45) is 1.50. The van der Waals surface area contributed by atoms with Gasteiger partial charge in [-0.15, -0.1) is 0 Å². The van der Waals surface area contributed by atoms with Crippen molar-refractivity contribution in [2.75, 3.05) is 27.1 Å². The molecule has 36 heavy (non-hydrogen) atoms. The minimum absolute atomic E-state index is 0.143. The van der Waals surface area contributed by atoms with Crippen LogP contribution in [0, 0.1) is 0 Å². The van der Waals surface area contributed by atoms with Crippen LogP contribution in [-0.4, -0.2) is 48.8 Å². The number of hydrogen-bond donors (Lipinski definition) is 1. The van der Waals surface area contributed by atoms with Crippen molar-refractivity contribution in [3.05, 3.63) is 76.8 Å². The standard InChI is InChI=1S/C26H25ClN4O4S/c1-33-22-13-10-18(24(34-2)25(22)35-3)14-28-30-23(32)16-36-26-29-20-6-4-5-7-21(20)31(26)15-17-8-11-19(27)12-9-17/h4-14H,15-16H2,1-3H3,(H,30,32). The zero-order valence-electron chi connectivity index (χ0n) is 20.0.